The number of para-hydroxylation sites is 1. The van der Waals surface area contributed by atoms with Gasteiger partial charge in [0.25, 0.3) is 0 Å². The molecule has 3 aromatic rings. The molecule has 1 aliphatic rings. The molecule has 0 atom stereocenters. The van der Waals surface area contributed by atoms with Crippen molar-refractivity contribution < 1.29 is 4.79 Å². The highest BCUT2D eigenvalue weighted by Crippen LogP contribution is 2.31. The van der Waals surface area contributed by atoms with E-state index in [1.807, 2.05) is 4.90 Å². The number of nitrogens with zero attached hydrogens (tertiary/aromatic N) is 2. The largest absolute Gasteiger partial charge is 0.340 e. The molecule has 4 rings (SSSR count). The molecule has 1 aromatic heterocycles. The van der Waals surface area contributed by atoms with Crippen molar-refractivity contribution in [1.82, 2.24) is 9.47 Å². The number of benzene rings is 2. The lowest BCUT2D eigenvalue weighted by atomic mass is 10.1. The number of carbonyl (C=O) groups excluding carboxylic acids is 1. The smallest absolute Gasteiger partial charge is 0.210 e. The van der Waals surface area contributed by atoms with Gasteiger partial charge in [-0.3, -0.25) is 4.79 Å². The van der Waals surface area contributed by atoms with Crippen molar-refractivity contribution >= 4 is 17.3 Å². The summed E-state index contributed by atoms with van der Waals surface area (Å²) in [5.41, 5.74) is 5.26. The van der Waals surface area contributed by atoms with E-state index in [1.54, 1.807) is 0 Å². The zero-order chi connectivity index (χ0) is 14.9. The second-order valence-electron chi connectivity index (χ2n) is 5.84. The monoisotopic (exact) mass is 290 g/mol. The summed E-state index contributed by atoms with van der Waals surface area (Å²) in [5.74, 6) is 0. The topological polar surface area (TPSA) is 25.2 Å². The number of hydrogen-bond donors (Lipinski definition) is 0. The SMILES string of the molecule is O=CN1CCc2c(c3ccccc3n2Cc2ccccc2)C1. The van der Waals surface area contributed by atoms with Crippen LogP contribution in [0.1, 0.15) is 16.8 Å². The lowest BCUT2D eigenvalue weighted by Gasteiger charge is -2.24. The molecule has 110 valence electrons. The van der Waals surface area contributed by atoms with Crippen LogP contribution in [0.3, 0.4) is 0 Å². The average Bonchev–Trinajstić information content (AvgIpc) is 2.89. The fraction of sp³-hybridized carbons (Fsp3) is 0.211. The summed E-state index contributed by atoms with van der Waals surface area (Å²) >= 11 is 0. The normalized spacial score (nSPS) is 14.1. The van der Waals surface area contributed by atoms with Crippen LogP contribution in [-0.4, -0.2) is 22.4 Å². The zero-order valence-electron chi connectivity index (χ0n) is 12.4. The third-order valence-electron chi connectivity index (χ3n) is 4.52. The first kappa shape index (κ1) is 13.1. The van der Waals surface area contributed by atoms with Crippen molar-refractivity contribution in [2.24, 2.45) is 0 Å². The van der Waals surface area contributed by atoms with Crippen molar-refractivity contribution in [3.8, 4) is 0 Å². The maximum Gasteiger partial charge on any atom is 0.210 e. The Morgan fingerprint density at radius 1 is 1.00 bits per heavy atom. The second kappa shape index (κ2) is 5.34. The Kier molecular flexibility index (Phi) is 3.19. The number of fused-ring (bicyclic) bond motifs is 3. The summed E-state index contributed by atoms with van der Waals surface area (Å²) < 4.78 is 2.42. The van der Waals surface area contributed by atoms with Gasteiger partial charge in [-0.1, -0.05) is 48.5 Å². The van der Waals surface area contributed by atoms with Crippen LogP contribution in [0.2, 0.25) is 0 Å². The van der Waals surface area contributed by atoms with Crippen molar-refractivity contribution in [2.45, 2.75) is 19.5 Å². The molecule has 0 saturated heterocycles. The summed E-state index contributed by atoms with van der Waals surface area (Å²) in [6.07, 6.45) is 1.89. The quantitative estimate of drug-likeness (QED) is 0.680. The van der Waals surface area contributed by atoms with Gasteiger partial charge in [-0.15, -0.1) is 0 Å². The van der Waals surface area contributed by atoms with E-state index in [0.29, 0.717) is 0 Å². The van der Waals surface area contributed by atoms with E-state index < -0.39 is 0 Å². The van der Waals surface area contributed by atoms with Crippen molar-refractivity contribution in [2.75, 3.05) is 6.54 Å². The van der Waals surface area contributed by atoms with Crippen LogP contribution in [-0.2, 0) is 24.3 Å². The fourth-order valence-corrected chi connectivity index (χ4v) is 3.46. The van der Waals surface area contributed by atoms with Gasteiger partial charge in [0, 0.05) is 48.2 Å². The lowest BCUT2D eigenvalue weighted by molar-refractivity contribution is -0.118. The Balaban J connectivity index is 1.86. The average molecular weight is 290 g/mol. The summed E-state index contributed by atoms with van der Waals surface area (Å²) in [4.78, 5) is 13.0. The zero-order valence-corrected chi connectivity index (χ0v) is 12.4. The molecule has 0 bridgehead atoms. The van der Waals surface area contributed by atoms with E-state index in [4.69, 9.17) is 0 Å². The maximum absolute atomic E-state index is 11.1. The van der Waals surface area contributed by atoms with Crippen LogP contribution >= 0.6 is 0 Å². The van der Waals surface area contributed by atoms with E-state index in [0.717, 1.165) is 32.5 Å². The third kappa shape index (κ3) is 2.10. The molecule has 0 unspecified atom stereocenters. The van der Waals surface area contributed by atoms with E-state index >= 15 is 0 Å². The van der Waals surface area contributed by atoms with Gasteiger partial charge >= 0.3 is 0 Å². The minimum Gasteiger partial charge on any atom is -0.340 e. The molecule has 0 fully saturated rings. The number of hydrogen-bond acceptors (Lipinski definition) is 1. The molecule has 22 heavy (non-hydrogen) atoms. The highest BCUT2D eigenvalue weighted by atomic mass is 16.1. The molecule has 0 N–H and O–H groups in total. The predicted molar refractivity (Wildman–Crippen MR) is 87.7 cm³/mol. The molecule has 1 amide bonds. The fourth-order valence-electron chi connectivity index (χ4n) is 3.46. The van der Waals surface area contributed by atoms with Gasteiger partial charge in [0.05, 0.1) is 0 Å². The van der Waals surface area contributed by atoms with Gasteiger partial charge < -0.3 is 9.47 Å². The molecule has 3 heteroatoms. The molecule has 1 aliphatic heterocycles. The minimum atomic E-state index is 0.723. The van der Waals surface area contributed by atoms with Crippen molar-refractivity contribution in [1.29, 1.82) is 0 Å². The van der Waals surface area contributed by atoms with Crippen LogP contribution < -0.4 is 0 Å². The first-order valence-electron chi connectivity index (χ1n) is 7.69. The van der Waals surface area contributed by atoms with Gasteiger partial charge in [-0.2, -0.15) is 0 Å². The van der Waals surface area contributed by atoms with Gasteiger partial charge in [0.2, 0.25) is 6.41 Å². The van der Waals surface area contributed by atoms with E-state index in [1.165, 1.54) is 27.7 Å². The van der Waals surface area contributed by atoms with Crippen molar-refractivity contribution in [3.05, 3.63) is 71.4 Å². The molecule has 0 spiro atoms. The number of rotatable bonds is 3. The Bertz CT molecular complexity index is 820. The number of carbonyl (C=O) groups is 1. The lowest BCUT2D eigenvalue weighted by Crippen LogP contribution is -2.29. The van der Waals surface area contributed by atoms with Crippen molar-refractivity contribution in [3.63, 3.8) is 0 Å². The van der Waals surface area contributed by atoms with Crippen LogP contribution in [0.4, 0.5) is 0 Å². The van der Waals surface area contributed by atoms with Crippen LogP contribution in [0, 0.1) is 0 Å². The number of aromatic nitrogens is 1. The van der Waals surface area contributed by atoms with E-state index in [9.17, 15) is 4.79 Å². The first-order valence-corrected chi connectivity index (χ1v) is 7.69. The Hall–Kier alpha value is -2.55. The second-order valence-corrected chi connectivity index (χ2v) is 5.84. The molecule has 2 heterocycles. The standard InChI is InChI=1S/C19H18N2O/c22-14-20-11-10-19-17(13-20)16-8-4-5-9-18(16)21(19)12-15-6-2-1-3-7-15/h1-9,14H,10-13H2. The molecular weight excluding hydrogens is 272 g/mol. The molecule has 3 nitrogen and oxygen atoms in total. The van der Waals surface area contributed by atoms with Gasteiger partial charge in [0.1, 0.15) is 0 Å². The third-order valence-corrected chi connectivity index (χ3v) is 4.52. The van der Waals surface area contributed by atoms with Crippen LogP contribution in [0.25, 0.3) is 10.9 Å². The Labute approximate surface area is 129 Å². The molecular formula is C19H18N2O. The highest BCUT2D eigenvalue weighted by molar-refractivity contribution is 5.86. The summed E-state index contributed by atoms with van der Waals surface area (Å²) in [6, 6.07) is 19.1. The number of amides is 1. The first-order chi connectivity index (χ1) is 10.9. The van der Waals surface area contributed by atoms with E-state index in [2.05, 4.69) is 59.2 Å². The van der Waals surface area contributed by atoms with Gasteiger partial charge in [-0.05, 0) is 11.6 Å². The molecule has 2 aromatic carbocycles. The Morgan fingerprint density at radius 2 is 1.77 bits per heavy atom. The molecule has 0 aliphatic carbocycles. The maximum atomic E-state index is 11.1. The van der Waals surface area contributed by atoms with Gasteiger partial charge in [-0.25, -0.2) is 0 Å². The minimum absolute atomic E-state index is 0.723. The van der Waals surface area contributed by atoms with Crippen LogP contribution in [0.15, 0.2) is 54.6 Å². The summed E-state index contributed by atoms with van der Waals surface area (Å²) in [6.45, 7) is 2.42. The summed E-state index contributed by atoms with van der Waals surface area (Å²) in [5, 5.41) is 1.28. The van der Waals surface area contributed by atoms with Crippen LogP contribution in [0.5, 0.6) is 0 Å². The van der Waals surface area contributed by atoms with Gasteiger partial charge in [0.15, 0.2) is 0 Å². The van der Waals surface area contributed by atoms with E-state index in [-0.39, 0.29) is 0 Å². The molecule has 0 saturated carbocycles. The molecule has 0 radical (unpaired) electrons. The Morgan fingerprint density at radius 3 is 2.59 bits per heavy atom. The highest BCUT2D eigenvalue weighted by Gasteiger charge is 2.22. The summed E-state index contributed by atoms with van der Waals surface area (Å²) in [7, 11) is 0. The predicted octanol–water partition coefficient (Wildman–Crippen LogP) is 3.20.